The lowest BCUT2D eigenvalue weighted by molar-refractivity contribution is -0.137. The first-order valence-corrected chi connectivity index (χ1v) is 5.76. The van der Waals surface area contributed by atoms with Gasteiger partial charge in [0.1, 0.15) is 0 Å². The quantitative estimate of drug-likeness (QED) is 0.512. The molecule has 94 valence electrons. The molecule has 0 amide bonds. The van der Waals surface area contributed by atoms with Crippen molar-refractivity contribution in [3.63, 3.8) is 0 Å². The van der Waals surface area contributed by atoms with E-state index in [1.807, 2.05) is 0 Å². The minimum absolute atomic E-state index is 0.0249. The van der Waals surface area contributed by atoms with Crippen molar-refractivity contribution in [1.82, 2.24) is 0 Å². The van der Waals surface area contributed by atoms with Crippen molar-refractivity contribution in [3.8, 4) is 0 Å². The van der Waals surface area contributed by atoms with Crippen LogP contribution in [0.5, 0.6) is 0 Å². The van der Waals surface area contributed by atoms with Crippen molar-refractivity contribution < 1.29 is 23.1 Å². The first-order chi connectivity index (χ1) is 7.93. The number of rotatable bonds is 5. The van der Waals surface area contributed by atoms with Crippen molar-refractivity contribution in [2.24, 2.45) is 0 Å². The number of halogens is 4. The lowest BCUT2D eigenvalue weighted by atomic mass is 10.1. The second-order valence-corrected chi connectivity index (χ2v) is 4.40. The lowest BCUT2D eigenvalue weighted by Crippen LogP contribution is -2.01. The van der Waals surface area contributed by atoms with Crippen LogP contribution in [-0.4, -0.2) is 11.1 Å². The van der Waals surface area contributed by atoms with Gasteiger partial charge in [0.25, 0.3) is 0 Å². The molecule has 0 spiro atoms. The van der Waals surface area contributed by atoms with Crippen molar-refractivity contribution in [1.29, 1.82) is 0 Å². The number of carboxylic acid groups (broad SMARTS) is 1. The van der Waals surface area contributed by atoms with Gasteiger partial charge in [0.15, 0.2) is 17.5 Å². The van der Waals surface area contributed by atoms with E-state index in [-0.39, 0.29) is 22.9 Å². The molecule has 2 nitrogen and oxygen atoms in total. The highest BCUT2D eigenvalue weighted by molar-refractivity contribution is 9.10. The van der Waals surface area contributed by atoms with E-state index in [1.54, 1.807) is 0 Å². The molecule has 6 heteroatoms. The van der Waals surface area contributed by atoms with Gasteiger partial charge in [-0.1, -0.05) is 15.9 Å². The molecule has 0 aromatic heterocycles. The summed E-state index contributed by atoms with van der Waals surface area (Å²) < 4.78 is 39.2. The molecule has 17 heavy (non-hydrogen) atoms. The van der Waals surface area contributed by atoms with Crippen LogP contribution in [0.3, 0.4) is 0 Å². The predicted molar refractivity (Wildman–Crippen MR) is 59.2 cm³/mol. The van der Waals surface area contributed by atoms with Crippen LogP contribution < -0.4 is 0 Å². The number of unbranched alkanes of at least 4 members (excludes halogenated alkanes) is 1. The molecule has 0 bridgehead atoms. The molecule has 0 fully saturated rings. The van der Waals surface area contributed by atoms with E-state index in [1.165, 1.54) is 0 Å². The van der Waals surface area contributed by atoms with E-state index >= 15 is 0 Å². The Balaban J connectivity index is 2.71. The third-order valence-corrected chi connectivity index (χ3v) is 2.98. The Bertz CT molecular complexity index is 435. The van der Waals surface area contributed by atoms with E-state index < -0.39 is 23.4 Å². The molecule has 0 heterocycles. The number of carbonyl (C=O) groups is 1. The fourth-order valence-corrected chi connectivity index (χ4v) is 1.98. The third-order valence-electron chi connectivity index (χ3n) is 2.28. The van der Waals surface area contributed by atoms with Crippen molar-refractivity contribution in [2.45, 2.75) is 25.7 Å². The smallest absolute Gasteiger partial charge is 0.303 e. The number of aliphatic carboxylic acids is 1. The molecule has 0 aliphatic heterocycles. The van der Waals surface area contributed by atoms with E-state index in [2.05, 4.69) is 15.9 Å². The largest absolute Gasteiger partial charge is 0.481 e. The molecule has 0 atom stereocenters. The zero-order valence-electron chi connectivity index (χ0n) is 8.77. The minimum atomic E-state index is -1.50. The van der Waals surface area contributed by atoms with Gasteiger partial charge < -0.3 is 5.11 Å². The summed E-state index contributed by atoms with van der Waals surface area (Å²) in [7, 11) is 0. The molecular formula is C11H10BrF3O2. The molecular weight excluding hydrogens is 301 g/mol. The van der Waals surface area contributed by atoms with Gasteiger partial charge >= 0.3 is 5.97 Å². The standard InChI is InChI=1S/C11H10BrF3O2/c12-7-5-8(13)11(15)10(14)6(7)3-1-2-4-9(16)17/h5H,1-4H2,(H,16,17). The summed E-state index contributed by atoms with van der Waals surface area (Å²) >= 11 is 2.95. The Kier molecular flexibility index (Phi) is 4.99. The predicted octanol–water partition coefficient (Wildman–Crippen LogP) is 3.66. The highest BCUT2D eigenvalue weighted by Gasteiger charge is 2.17. The van der Waals surface area contributed by atoms with E-state index in [0.29, 0.717) is 12.8 Å². The van der Waals surface area contributed by atoms with E-state index in [0.717, 1.165) is 6.07 Å². The van der Waals surface area contributed by atoms with Gasteiger partial charge in [-0.05, 0) is 25.3 Å². The molecule has 0 unspecified atom stereocenters. The summed E-state index contributed by atoms with van der Waals surface area (Å²) in [6.45, 7) is 0. The van der Waals surface area contributed by atoms with Crippen LogP contribution in [-0.2, 0) is 11.2 Å². The Hall–Kier alpha value is -1.04. The maximum Gasteiger partial charge on any atom is 0.303 e. The van der Waals surface area contributed by atoms with Gasteiger partial charge in [-0.25, -0.2) is 13.2 Å². The summed E-state index contributed by atoms with van der Waals surface area (Å²) in [6.07, 6.45) is 0.896. The number of hydrogen-bond acceptors (Lipinski definition) is 1. The summed E-state index contributed by atoms with van der Waals surface area (Å²) in [5.41, 5.74) is 0.0364. The number of carboxylic acids is 1. The number of benzene rings is 1. The Morgan fingerprint density at radius 2 is 1.88 bits per heavy atom. The maximum absolute atomic E-state index is 13.3. The van der Waals surface area contributed by atoms with Crippen molar-refractivity contribution in [2.75, 3.05) is 0 Å². The Morgan fingerprint density at radius 3 is 2.47 bits per heavy atom. The van der Waals surface area contributed by atoms with E-state index in [9.17, 15) is 18.0 Å². The fraction of sp³-hybridized carbons (Fsp3) is 0.364. The van der Waals surface area contributed by atoms with Crippen molar-refractivity contribution >= 4 is 21.9 Å². The summed E-state index contributed by atoms with van der Waals surface area (Å²) in [5.74, 6) is -4.90. The highest BCUT2D eigenvalue weighted by atomic mass is 79.9. The molecule has 1 rings (SSSR count). The molecule has 1 aromatic carbocycles. The first kappa shape index (κ1) is 14.0. The molecule has 0 aliphatic rings. The van der Waals surface area contributed by atoms with Gasteiger partial charge in [-0.2, -0.15) is 0 Å². The zero-order chi connectivity index (χ0) is 13.0. The second-order valence-electron chi connectivity index (χ2n) is 3.55. The fourth-order valence-electron chi connectivity index (χ4n) is 1.41. The van der Waals surface area contributed by atoms with Gasteiger partial charge in [0.05, 0.1) is 0 Å². The van der Waals surface area contributed by atoms with Crippen LogP contribution in [0, 0.1) is 17.5 Å². The van der Waals surface area contributed by atoms with Crippen LogP contribution in [0.1, 0.15) is 24.8 Å². The van der Waals surface area contributed by atoms with Gasteiger partial charge in [0.2, 0.25) is 0 Å². The average molecular weight is 311 g/mol. The monoisotopic (exact) mass is 310 g/mol. The van der Waals surface area contributed by atoms with Gasteiger partial charge in [-0.3, -0.25) is 4.79 Å². The molecule has 0 radical (unpaired) electrons. The normalized spacial score (nSPS) is 10.6. The first-order valence-electron chi connectivity index (χ1n) is 4.97. The van der Waals surface area contributed by atoms with Gasteiger partial charge in [-0.15, -0.1) is 0 Å². The zero-order valence-corrected chi connectivity index (χ0v) is 10.4. The van der Waals surface area contributed by atoms with Crippen LogP contribution in [0.25, 0.3) is 0 Å². The van der Waals surface area contributed by atoms with Crippen LogP contribution in [0.4, 0.5) is 13.2 Å². The SMILES string of the molecule is O=C(O)CCCCc1c(Br)cc(F)c(F)c1F. The molecule has 1 aromatic rings. The Labute approximate surface area is 105 Å². The summed E-state index contributed by atoms with van der Waals surface area (Å²) in [6, 6.07) is 0.866. The lowest BCUT2D eigenvalue weighted by Gasteiger charge is -2.07. The number of hydrogen-bond donors (Lipinski definition) is 1. The maximum atomic E-state index is 13.3. The van der Waals surface area contributed by atoms with Crippen molar-refractivity contribution in [3.05, 3.63) is 33.6 Å². The van der Waals surface area contributed by atoms with Crippen LogP contribution in [0.2, 0.25) is 0 Å². The van der Waals surface area contributed by atoms with Crippen LogP contribution in [0.15, 0.2) is 10.5 Å². The highest BCUT2D eigenvalue weighted by Crippen LogP contribution is 2.26. The Morgan fingerprint density at radius 1 is 1.24 bits per heavy atom. The third kappa shape index (κ3) is 3.73. The van der Waals surface area contributed by atoms with Crippen LogP contribution >= 0.6 is 15.9 Å². The molecule has 0 aliphatic carbocycles. The molecule has 0 saturated carbocycles. The second kappa shape index (κ2) is 6.05. The topological polar surface area (TPSA) is 37.3 Å². The minimum Gasteiger partial charge on any atom is -0.481 e. The summed E-state index contributed by atoms with van der Waals surface area (Å²) in [4.78, 5) is 10.3. The molecule has 1 N–H and O–H groups in total. The van der Waals surface area contributed by atoms with Gasteiger partial charge in [0, 0.05) is 16.5 Å². The summed E-state index contributed by atoms with van der Waals surface area (Å²) in [5, 5.41) is 8.41. The van der Waals surface area contributed by atoms with E-state index in [4.69, 9.17) is 5.11 Å². The molecule has 0 saturated heterocycles. The average Bonchev–Trinajstić information content (AvgIpc) is 2.24.